The van der Waals surface area contributed by atoms with Crippen molar-refractivity contribution in [2.75, 3.05) is 7.11 Å². The van der Waals surface area contributed by atoms with Gasteiger partial charge in [0.1, 0.15) is 57.0 Å². The molecule has 44 nitrogen and oxygen atoms in total. The van der Waals surface area contributed by atoms with E-state index in [-0.39, 0.29) is 183 Å². The van der Waals surface area contributed by atoms with Crippen molar-refractivity contribution >= 4 is 135 Å². The molecule has 0 unspecified atom stereocenters. The summed E-state index contributed by atoms with van der Waals surface area (Å²) in [5.41, 5.74) is -1.52. The average molecular weight is 2080 g/mol. The first-order valence-electron chi connectivity index (χ1n) is 35.1. The van der Waals surface area contributed by atoms with E-state index in [9.17, 15) is 80.9 Å². The number of aromatic amines is 1. The van der Waals surface area contributed by atoms with Crippen molar-refractivity contribution in [3.05, 3.63) is 221 Å². The largest absolute Gasteiger partial charge is 2.00 e. The Morgan fingerprint density at radius 2 is 0.787 bits per heavy atom. The molecule has 14 aromatic rings. The summed E-state index contributed by atoms with van der Waals surface area (Å²) < 4.78 is 85.9. The summed E-state index contributed by atoms with van der Waals surface area (Å²) in [6.07, 6.45) is 5.94. The van der Waals surface area contributed by atoms with Crippen molar-refractivity contribution in [3.8, 4) is 0 Å². The number of imidazole rings is 4. The minimum absolute atomic E-state index is 0. The van der Waals surface area contributed by atoms with Gasteiger partial charge in [0.15, 0.2) is 93.1 Å². The van der Waals surface area contributed by atoms with Gasteiger partial charge in [-0.15, -0.1) is 0 Å². The molecule has 14 heterocycles. The first-order chi connectivity index (χ1) is 56.2. The number of hydrogen-bond acceptors (Lipinski definition) is 33. The smallest absolute Gasteiger partial charge is 1.00 e. The van der Waals surface area contributed by atoms with Crippen LogP contribution in [0.3, 0.4) is 0 Å². The molecular formula is C72H92BBr2CsF4MgN23O21SSi. The van der Waals surface area contributed by atoms with E-state index in [0.29, 0.717) is 102 Å². The Bertz CT molecular complexity index is 6460. The van der Waals surface area contributed by atoms with Crippen LogP contribution in [-0.2, 0) is 97.3 Å². The maximum Gasteiger partial charge on any atom is 2.00 e. The van der Waals surface area contributed by atoms with Gasteiger partial charge in [-0.05, 0) is 41.5 Å². The van der Waals surface area contributed by atoms with Gasteiger partial charge < -0.3 is 89.5 Å². The number of ketones is 3. The average Bonchev–Trinajstić information content (AvgIpc) is 1.63. The van der Waals surface area contributed by atoms with Crippen LogP contribution in [0.5, 0.6) is 0 Å². The second kappa shape index (κ2) is 49.7. The Morgan fingerprint density at radius 1 is 0.520 bits per heavy atom. The van der Waals surface area contributed by atoms with E-state index in [1.54, 1.807) is 121 Å². The van der Waals surface area contributed by atoms with Gasteiger partial charge in [0.25, 0.3) is 22.2 Å². The van der Waals surface area contributed by atoms with Gasteiger partial charge in [0.2, 0.25) is 0 Å². The monoisotopic (exact) mass is 2080 g/mol. The van der Waals surface area contributed by atoms with E-state index in [1.807, 2.05) is 0 Å². The summed E-state index contributed by atoms with van der Waals surface area (Å²) in [5, 5.41) is 42.0. The zero-order valence-corrected chi connectivity index (χ0v) is 85.4. The predicted octanol–water partition coefficient (Wildman–Crippen LogP) is -3.92. The molecule has 127 heavy (non-hydrogen) atoms. The van der Waals surface area contributed by atoms with Crippen LogP contribution in [-0.4, -0.2) is 191 Å². The molecular weight excluding hydrogens is 1990 g/mol. The number of thiol groups is 1. The molecule has 0 spiro atoms. The molecule has 0 aromatic carbocycles. The molecule has 3 N–H and O–H groups in total. The number of rotatable bonds is 13. The molecule has 14 rings (SSSR count). The Labute approximate surface area is 818 Å². The number of aromatic nitrogens is 22. The molecule has 0 amide bonds. The molecule has 55 heteroatoms. The number of fused-ring (bicyclic) bond motifs is 4. The Kier molecular flexibility index (Phi) is 45.8. The normalized spacial score (nSPS) is 10.7. The Balaban J connectivity index is 0.00000145. The predicted molar refractivity (Wildman–Crippen MR) is 453 cm³/mol. The fourth-order valence-corrected chi connectivity index (χ4v) is 10.1. The second-order valence-electron chi connectivity index (χ2n) is 28.3. The number of esters is 1. The number of carbonyl (C=O) groups is 4. The van der Waals surface area contributed by atoms with Crippen LogP contribution < -0.4 is 136 Å². The molecule has 0 aliphatic heterocycles. The number of nitrogens with one attached hydrogen (secondary N) is 1. The molecule has 14 aromatic heterocycles. The van der Waals surface area contributed by atoms with Crippen molar-refractivity contribution in [2.24, 2.45) is 60.7 Å². The molecule has 0 bridgehead atoms. The number of aryl methyl sites for hydroxylation is 10. The third kappa shape index (κ3) is 29.9. The van der Waals surface area contributed by atoms with E-state index >= 15 is 0 Å². The van der Waals surface area contributed by atoms with Gasteiger partial charge in [0, 0.05) is 114 Å². The van der Waals surface area contributed by atoms with Crippen LogP contribution in [0.1, 0.15) is 144 Å². The van der Waals surface area contributed by atoms with Gasteiger partial charge in [-0.1, -0.05) is 73.9 Å². The summed E-state index contributed by atoms with van der Waals surface area (Å²) in [7, 11) is 15.7. The number of aliphatic hydroxyl groups is 2. The van der Waals surface area contributed by atoms with Crippen molar-refractivity contribution in [1.29, 1.82) is 0 Å². The molecule has 0 aliphatic rings. The standard InChI is InChI=1S/2C14H17N5O4.C13H13N5O4.C7H8N4O2.C6H6BrNO2.C6H7NO3.C6H7NO2.C4H9F3Si.CH4.CH3.BHNS.BrH.Cs.FH.Mg/c2*1-14(2,22)9-5-8(23-16-9)6-19-12(20)10-11(15-7-17(10)3)18(4)13(19)21;1-7(19)9-4-8(22-15-9)5-18-12(20)10-11(14-6-16(10)2)17(3)13(18)21;1-10-3-8-5-4(10)6(12)9-7(13)11(5)2;1-4(9)6-2-5(3-7)10-8-6;1-4-3-5(7-10-4)6(8)9-2;1-4-3-6(5(2)8)7-9-4;1-8(2,3)4(5,6)7;;;1-2-3;;;;/h2*5,7,22H,6H2,1-4H3;4,6H,5H2,1-3H3;3H,1-2H3,(H,9,12,13);2H,3H2,1H3;3H,1-2H3;3H,1-2H3;1-3H3;1H4;1H3;3H;1H;;1H;/q;;;;;;;;;-1;;;+1;;+2/p-2. The third-order valence-electron chi connectivity index (χ3n) is 16.7. The molecule has 0 saturated heterocycles. The van der Waals surface area contributed by atoms with Crippen LogP contribution in [0.4, 0.5) is 13.2 Å². The number of halogens is 6. The van der Waals surface area contributed by atoms with E-state index in [0.717, 1.165) is 13.7 Å². The van der Waals surface area contributed by atoms with Gasteiger partial charge in [0.05, 0.1) is 57.4 Å². The van der Waals surface area contributed by atoms with E-state index in [4.69, 9.17) is 18.1 Å². The number of nitrogens with zero attached hydrogens (tertiary/aromatic N) is 22. The number of carbonyl (C=O) groups excluding carboxylic acids is 4. The summed E-state index contributed by atoms with van der Waals surface area (Å²) in [4.78, 5) is 159. The number of alkyl halides is 4. The summed E-state index contributed by atoms with van der Waals surface area (Å²) in [6, 6.07) is 9.23. The van der Waals surface area contributed by atoms with E-state index in [2.05, 4.69) is 110 Å². The Hall–Kier alpha value is -9.81. The van der Waals surface area contributed by atoms with Crippen molar-refractivity contribution in [1.82, 2.24) is 106 Å². The zero-order valence-electron chi connectivity index (χ0n) is 72.6. The maximum atomic E-state index is 12.6. The van der Waals surface area contributed by atoms with Gasteiger partial charge in [-0.25, -0.2) is 43.9 Å². The topological polar surface area (TPSA) is 545 Å². The second-order valence-corrected chi connectivity index (χ2v) is 34.1. The molecule has 679 valence electrons. The fraction of sp³-hybridized carbons (Fsp3) is 0.403. The van der Waals surface area contributed by atoms with Crippen LogP contribution in [0.15, 0.2) is 132 Å². The number of Topliss-reactive ketones (excluding diaryl/α,β-unsaturated/α-hetero) is 3. The third-order valence-corrected chi connectivity index (χ3v) is 19.0. The summed E-state index contributed by atoms with van der Waals surface area (Å²) >= 11 is 6.37. The quantitative estimate of drug-likeness (QED) is 0.0163. The fourth-order valence-electron chi connectivity index (χ4n) is 9.88. The van der Waals surface area contributed by atoms with Crippen molar-refractivity contribution in [3.63, 3.8) is 0 Å². The molecule has 0 fully saturated rings. The zero-order chi connectivity index (χ0) is 91.2. The number of H-pyrrole nitrogens is 1. The maximum absolute atomic E-state index is 12.6. The SMILES string of the molecule is C.CC(=O)c1cc(C)on1.CC(=O)c1cc(CBr)on1.CC(=O)c1cc(Cn2c(=O)c3c(ncn3C)n(C)c2=O)on1.COC(=O)c1cc(C)on1.C[Si](C)(C)C(F)(F)F.Cn1cnc2c1c(=O)[nH]c(=O)n2C.Cn1cnc2c1c(=O)n(Cc1cc(C(C)(C)O)no1)c(=O)n2C.Cn1cnc2c1c(=O)n(Cc1cc(C(C)(C)O)no1)c(=O)n2C.[B]=NS.[Br-].[CH3-].[Cs+].[F-].[Mg+2]. The number of ether oxygens (including phenoxy) is 1. The van der Waals surface area contributed by atoms with Crippen molar-refractivity contribution in [2.45, 2.75) is 131 Å². The van der Waals surface area contributed by atoms with E-state index < -0.39 is 76.0 Å². The molecule has 1 radical (unpaired) electrons. The molecule has 0 atom stereocenters. The number of hydrogen-bond donors (Lipinski definition) is 4. The van der Waals surface area contributed by atoms with Crippen LogP contribution in [0.2, 0.25) is 19.6 Å². The van der Waals surface area contributed by atoms with Gasteiger partial charge in [-0.2, -0.15) is 13.2 Å². The first-order valence-corrected chi connectivity index (χ1v) is 40.1. The van der Waals surface area contributed by atoms with Gasteiger partial charge in [-0.3, -0.25) is 70.5 Å². The van der Waals surface area contributed by atoms with Crippen molar-refractivity contribution < 1.29 is 165 Å². The minimum atomic E-state index is -3.92. The number of methoxy groups -OCH3 is 1. The minimum Gasteiger partial charge on any atom is -1.00 e. The first kappa shape index (κ1) is 117. The summed E-state index contributed by atoms with van der Waals surface area (Å²) in [6.45, 7) is 17.6. The summed E-state index contributed by atoms with van der Waals surface area (Å²) in [5.74, 6) is -1.98. The van der Waals surface area contributed by atoms with Gasteiger partial charge >= 0.3 is 151 Å². The van der Waals surface area contributed by atoms with Crippen LogP contribution in [0.25, 0.3) is 44.7 Å². The van der Waals surface area contributed by atoms with Crippen LogP contribution >= 0.6 is 28.7 Å². The van der Waals surface area contributed by atoms with Crippen LogP contribution in [0, 0.1) is 21.3 Å². The van der Waals surface area contributed by atoms with E-state index in [1.165, 1.54) is 122 Å². The molecule has 0 aliphatic carbocycles. The molecule has 0 saturated carbocycles. The Morgan fingerprint density at radius 3 is 1.04 bits per heavy atom.